The number of aromatic amines is 1. The van der Waals surface area contributed by atoms with E-state index in [1.165, 1.54) is 10.7 Å². The first-order chi connectivity index (χ1) is 13.5. The van der Waals surface area contributed by atoms with Crippen molar-refractivity contribution in [3.05, 3.63) is 62.9 Å². The zero-order valence-corrected chi connectivity index (χ0v) is 15.9. The molecule has 146 valence electrons. The van der Waals surface area contributed by atoms with E-state index in [-0.39, 0.29) is 16.7 Å². The summed E-state index contributed by atoms with van der Waals surface area (Å²) < 4.78 is 7.11. The van der Waals surface area contributed by atoms with Crippen molar-refractivity contribution in [3.63, 3.8) is 0 Å². The maximum atomic E-state index is 12.8. The second-order valence-electron chi connectivity index (χ2n) is 7.43. The van der Waals surface area contributed by atoms with Gasteiger partial charge < -0.3 is 10.1 Å². The first kappa shape index (κ1) is 18.4. The molecule has 4 rings (SSSR count). The summed E-state index contributed by atoms with van der Waals surface area (Å²) in [4.78, 5) is 32.2. The standard InChI is InChI=1S/C20H23N5O3/c1-13(25-18(27)15-7-4-3-6-14(15)11-22-25)16-10-17(26)24-19(23-16)21-12-20(2)8-5-9-28-20/h3-4,6-7,10-11,13H,5,8-9,12H2,1-2H3,(H2,21,23,24,26)/t13-,20+/m1/s1. The Morgan fingerprint density at radius 2 is 2.18 bits per heavy atom. The number of nitrogens with zero attached hydrogens (tertiary/aromatic N) is 3. The number of ether oxygens (including phenoxy) is 1. The minimum absolute atomic E-state index is 0.214. The van der Waals surface area contributed by atoms with E-state index in [9.17, 15) is 9.59 Å². The summed E-state index contributed by atoms with van der Waals surface area (Å²) in [7, 11) is 0. The van der Waals surface area contributed by atoms with Gasteiger partial charge in [-0.15, -0.1) is 0 Å². The van der Waals surface area contributed by atoms with Gasteiger partial charge >= 0.3 is 0 Å². The highest BCUT2D eigenvalue weighted by Crippen LogP contribution is 2.25. The minimum atomic E-state index is -0.488. The molecule has 2 N–H and O–H groups in total. The summed E-state index contributed by atoms with van der Waals surface area (Å²) in [5.74, 6) is 0.361. The molecule has 8 heteroatoms. The zero-order valence-electron chi connectivity index (χ0n) is 15.9. The van der Waals surface area contributed by atoms with Gasteiger partial charge in [-0.1, -0.05) is 18.2 Å². The van der Waals surface area contributed by atoms with Crippen LogP contribution >= 0.6 is 0 Å². The molecule has 0 saturated carbocycles. The second-order valence-corrected chi connectivity index (χ2v) is 7.43. The molecule has 2 aromatic heterocycles. The van der Waals surface area contributed by atoms with Crippen LogP contribution in [0.4, 0.5) is 5.95 Å². The lowest BCUT2D eigenvalue weighted by molar-refractivity contribution is 0.0314. The van der Waals surface area contributed by atoms with E-state index in [1.54, 1.807) is 19.2 Å². The number of hydrogen-bond donors (Lipinski definition) is 2. The normalized spacial score (nSPS) is 20.4. The molecule has 0 aliphatic carbocycles. The molecule has 1 saturated heterocycles. The molecule has 8 nitrogen and oxygen atoms in total. The number of fused-ring (bicyclic) bond motifs is 1. The third-order valence-electron chi connectivity index (χ3n) is 5.21. The lowest BCUT2D eigenvalue weighted by Crippen LogP contribution is -2.34. The Morgan fingerprint density at radius 1 is 1.36 bits per heavy atom. The second kappa shape index (κ2) is 7.20. The molecular weight excluding hydrogens is 358 g/mol. The Balaban J connectivity index is 1.63. The summed E-state index contributed by atoms with van der Waals surface area (Å²) in [6.07, 6.45) is 3.63. The Labute approximate surface area is 161 Å². The molecule has 1 aromatic carbocycles. The monoisotopic (exact) mass is 381 g/mol. The highest BCUT2D eigenvalue weighted by molar-refractivity contribution is 5.80. The Kier molecular flexibility index (Phi) is 4.72. The van der Waals surface area contributed by atoms with Crippen molar-refractivity contribution < 1.29 is 4.74 Å². The van der Waals surface area contributed by atoms with Gasteiger partial charge in [-0.3, -0.25) is 14.6 Å². The predicted octanol–water partition coefficient (Wildman–Crippen LogP) is 2.07. The molecule has 1 fully saturated rings. The van der Waals surface area contributed by atoms with E-state index in [0.29, 0.717) is 23.6 Å². The van der Waals surface area contributed by atoms with Gasteiger partial charge in [0.1, 0.15) is 0 Å². The topological polar surface area (TPSA) is 102 Å². The maximum Gasteiger partial charge on any atom is 0.275 e. The molecule has 0 amide bonds. The first-order valence-electron chi connectivity index (χ1n) is 9.41. The SMILES string of the molecule is C[C@H](c1cc(=O)[nH]c(NC[C@]2(C)CCCO2)n1)n1ncc2ccccc2c1=O. The van der Waals surface area contributed by atoms with Crippen LogP contribution in [-0.2, 0) is 4.74 Å². The molecule has 0 unspecified atom stereocenters. The van der Waals surface area contributed by atoms with Crippen molar-refractivity contribution in [2.45, 2.75) is 38.3 Å². The summed E-state index contributed by atoms with van der Waals surface area (Å²) in [5.41, 5.74) is -0.301. The van der Waals surface area contributed by atoms with E-state index in [2.05, 4.69) is 20.4 Å². The van der Waals surface area contributed by atoms with Crippen LogP contribution in [0.2, 0.25) is 0 Å². The molecule has 1 aliphatic rings. The number of hydrogen-bond acceptors (Lipinski definition) is 6. The van der Waals surface area contributed by atoms with Gasteiger partial charge in [0.15, 0.2) is 0 Å². The van der Waals surface area contributed by atoms with Crippen molar-refractivity contribution in [2.75, 3.05) is 18.5 Å². The fraction of sp³-hybridized carbons (Fsp3) is 0.400. The molecule has 3 heterocycles. The highest BCUT2D eigenvalue weighted by Gasteiger charge is 2.29. The van der Waals surface area contributed by atoms with E-state index in [1.807, 2.05) is 25.1 Å². The molecule has 0 bridgehead atoms. The highest BCUT2D eigenvalue weighted by atomic mass is 16.5. The van der Waals surface area contributed by atoms with Crippen LogP contribution in [0.5, 0.6) is 0 Å². The van der Waals surface area contributed by atoms with Crippen molar-refractivity contribution in [1.29, 1.82) is 0 Å². The smallest absolute Gasteiger partial charge is 0.275 e. The van der Waals surface area contributed by atoms with Gasteiger partial charge in [-0.25, -0.2) is 9.67 Å². The summed E-state index contributed by atoms with van der Waals surface area (Å²) >= 11 is 0. The molecule has 28 heavy (non-hydrogen) atoms. The van der Waals surface area contributed by atoms with Crippen LogP contribution in [0.15, 0.2) is 46.1 Å². The average Bonchev–Trinajstić information content (AvgIpc) is 3.13. The van der Waals surface area contributed by atoms with Crippen LogP contribution in [0.1, 0.15) is 38.4 Å². The maximum absolute atomic E-state index is 12.8. The van der Waals surface area contributed by atoms with Gasteiger partial charge in [0.25, 0.3) is 11.1 Å². The average molecular weight is 381 g/mol. The zero-order chi connectivity index (χ0) is 19.7. The van der Waals surface area contributed by atoms with Crippen LogP contribution in [0, 0.1) is 0 Å². The molecule has 2 atom stereocenters. The Bertz CT molecular complexity index is 1110. The van der Waals surface area contributed by atoms with Crippen LogP contribution in [0.3, 0.4) is 0 Å². The molecule has 0 radical (unpaired) electrons. The Morgan fingerprint density at radius 3 is 2.96 bits per heavy atom. The molecule has 3 aromatic rings. The molecule has 1 aliphatic heterocycles. The van der Waals surface area contributed by atoms with E-state index in [4.69, 9.17) is 4.74 Å². The van der Waals surface area contributed by atoms with Gasteiger partial charge in [0, 0.05) is 24.6 Å². The lowest BCUT2D eigenvalue weighted by atomic mass is 10.0. The number of H-pyrrole nitrogens is 1. The summed E-state index contributed by atoms with van der Waals surface area (Å²) in [6.45, 7) is 5.13. The molecule has 0 spiro atoms. The first-order valence-corrected chi connectivity index (χ1v) is 9.41. The number of rotatable bonds is 5. The van der Waals surface area contributed by atoms with Gasteiger partial charge in [0.2, 0.25) is 5.95 Å². The van der Waals surface area contributed by atoms with Gasteiger partial charge in [-0.2, -0.15) is 5.10 Å². The van der Waals surface area contributed by atoms with Gasteiger partial charge in [0.05, 0.1) is 28.9 Å². The van der Waals surface area contributed by atoms with E-state index < -0.39 is 6.04 Å². The largest absolute Gasteiger partial charge is 0.373 e. The van der Waals surface area contributed by atoms with E-state index in [0.717, 1.165) is 24.8 Å². The van der Waals surface area contributed by atoms with Crippen LogP contribution < -0.4 is 16.4 Å². The minimum Gasteiger partial charge on any atom is -0.373 e. The van der Waals surface area contributed by atoms with Gasteiger partial charge in [-0.05, 0) is 32.8 Å². The van der Waals surface area contributed by atoms with Crippen molar-refractivity contribution in [3.8, 4) is 0 Å². The summed E-state index contributed by atoms with van der Waals surface area (Å²) in [6, 6.07) is 8.20. The molecular formula is C20H23N5O3. The van der Waals surface area contributed by atoms with Crippen molar-refractivity contribution >= 4 is 16.7 Å². The number of anilines is 1. The number of nitrogens with one attached hydrogen (secondary N) is 2. The predicted molar refractivity (Wildman–Crippen MR) is 107 cm³/mol. The quantitative estimate of drug-likeness (QED) is 0.701. The van der Waals surface area contributed by atoms with E-state index >= 15 is 0 Å². The third kappa shape index (κ3) is 3.55. The van der Waals surface area contributed by atoms with Crippen molar-refractivity contribution in [1.82, 2.24) is 19.7 Å². The fourth-order valence-corrected chi connectivity index (χ4v) is 3.53. The van der Waals surface area contributed by atoms with Crippen LogP contribution in [-0.4, -0.2) is 38.5 Å². The van der Waals surface area contributed by atoms with Crippen LogP contribution in [0.25, 0.3) is 10.8 Å². The third-order valence-corrected chi connectivity index (χ3v) is 5.21. The number of benzene rings is 1. The summed E-state index contributed by atoms with van der Waals surface area (Å²) in [5, 5.41) is 8.79. The lowest BCUT2D eigenvalue weighted by Gasteiger charge is -2.23. The Hall–Kier alpha value is -3.00. The number of aromatic nitrogens is 4. The fourth-order valence-electron chi connectivity index (χ4n) is 3.53. The van der Waals surface area contributed by atoms with Crippen molar-refractivity contribution in [2.24, 2.45) is 0 Å².